The highest BCUT2D eigenvalue weighted by atomic mass is 16.5. The summed E-state index contributed by atoms with van der Waals surface area (Å²) in [6.07, 6.45) is 1.33. The molecule has 0 bridgehead atoms. The highest BCUT2D eigenvalue weighted by Crippen LogP contribution is 2.31. The first-order chi connectivity index (χ1) is 14.8. The van der Waals surface area contributed by atoms with E-state index in [0.29, 0.717) is 30.2 Å². The largest absolute Gasteiger partial charge is 0.475 e. The minimum Gasteiger partial charge on any atom is -0.475 e. The highest BCUT2D eigenvalue weighted by Gasteiger charge is 2.37. The van der Waals surface area contributed by atoms with Crippen molar-refractivity contribution in [2.45, 2.75) is 12.1 Å². The number of nitrogens with zero attached hydrogens (tertiary/aromatic N) is 3. The van der Waals surface area contributed by atoms with Crippen LogP contribution in [-0.4, -0.2) is 41.7 Å². The predicted molar refractivity (Wildman–Crippen MR) is 111 cm³/mol. The van der Waals surface area contributed by atoms with Gasteiger partial charge in [0.1, 0.15) is 12.7 Å². The maximum atomic E-state index is 13.3. The Kier molecular flexibility index (Phi) is 6.02. The van der Waals surface area contributed by atoms with Gasteiger partial charge in [-0.25, -0.2) is 4.98 Å². The molecule has 0 N–H and O–H groups in total. The van der Waals surface area contributed by atoms with Gasteiger partial charge in [0, 0.05) is 24.4 Å². The Hall–Kier alpha value is -3.69. The SMILES string of the molecule is N#Cc1ccc(C(=O)N2CCO[C@@H](COc3ccccn3)[C@@H]2c2ccccc2)cc1. The summed E-state index contributed by atoms with van der Waals surface area (Å²) in [5.41, 5.74) is 2.05. The van der Waals surface area contributed by atoms with E-state index in [1.54, 1.807) is 36.5 Å². The summed E-state index contributed by atoms with van der Waals surface area (Å²) < 4.78 is 11.9. The van der Waals surface area contributed by atoms with Gasteiger partial charge in [-0.2, -0.15) is 5.26 Å². The van der Waals surface area contributed by atoms with E-state index >= 15 is 0 Å². The van der Waals surface area contributed by atoms with Gasteiger partial charge in [-0.1, -0.05) is 36.4 Å². The molecular weight excluding hydrogens is 378 g/mol. The number of benzene rings is 2. The Labute approximate surface area is 175 Å². The normalized spacial score (nSPS) is 18.4. The van der Waals surface area contributed by atoms with Crippen molar-refractivity contribution in [1.82, 2.24) is 9.88 Å². The van der Waals surface area contributed by atoms with Crippen LogP contribution in [-0.2, 0) is 4.74 Å². The third-order valence-electron chi connectivity index (χ3n) is 5.05. The van der Waals surface area contributed by atoms with Crippen LogP contribution in [0, 0.1) is 11.3 Å². The van der Waals surface area contributed by atoms with Crippen molar-refractivity contribution in [3.63, 3.8) is 0 Å². The van der Waals surface area contributed by atoms with E-state index in [2.05, 4.69) is 11.1 Å². The first kappa shape index (κ1) is 19.6. The number of ether oxygens (including phenoxy) is 2. The smallest absolute Gasteiger partial charge is 0.254 e. The molecule has 150 valence electrons. The van der Waals surface area contributed by atoms with Gasteiger partial charge in [-0.05, 0) is 35.9 Å². The number of amides is 1. The molecule has 1 fully saturated rings. The molecule has 2 aromatic carbocycles. The third-order valence-corrected chi connectivity index (χ3v) is 5.05. The van der Waals surface area contributed by atoms with E-state index in [-0.39, 0.29) is 24.7 Å². The Bertz CT molecular complexity index is 1020. The molecule has 1 aromatic heterocycles. The summed E-state index contributed by atoms with van der Waals surface area (Å²) in [7, 11) is 0. The number of hydrogen-bond acceptors (Lipinski definition) is 5. The summed E-state index contributed by atoms with van der Waals surface area (Å²) in [6, 6.07) is 23.8. The number of nitriles is 1. The summed E-state index contributed by atoms with van der Waals surface area (Å²) in [4.78, 5) is 19.4. The number of hydrogen-bond donors (Lipinski definition) is 0. The van der Waals surface area contributed by atoms with E-state index in [1.807, 2.05) is 47.4 Å². The zero-order chi connectivity index (χ0) is 20.8. The van der Waals surface area contributed by atoms with Crippen LogP contribution >= 0.6 is 0 Å². The molecule has 0 spiro atoms. The first-order valence-electron chi connectivity index (χ1n) is 9.78. The Balaban J connectivity index is 1.60. The van der Waals surface area contributed by atoms with Crippen LogP contribution in [0.3, 0.4) is 0 Å². The molecule has 3 aromatic rings. The molecule has 1 amide bonds. The van der Waals surface area contributed by atoms with Gasteiger partial charge in [0.2, 0.25) is 5.88 Å². The second-order valence-electron chi connectivity index (χ2n) is 6.93. The van der Waals surface area contributed by atoms with Crippen molar-refractivity contribution in [1.29, 1.82) is 5.26 Å². The third kappa shape index (κ3) is 4.32. The zero-order valence-corrected chi connectivity index (χ0v) is 16.3. The van der Waals surface area contributed by atoms with Gasteiger partial charge >= 0.3 is 0 Å². The Morgan fingerprint density at radius 1 is 1.10 bits per heavy atom. The summed E-state index contributed by atoms with van der Waals surface area (Å²) >= 11 is 0. The fraction of sp³-hybridized carbons (Fsp3) is 0.208. The summed E-state index contributed by atoms with van der Waals surface area (Å²) in [5.74, 6) is 0.419. The maximum absolute atomic E-state index is 13.3. The van der Waals surface area contributed by atoms with Gasteiger partial charge < -0.3 is 14.4 Å². The van der Waals surface area contributed by atoms with E-state index < -0.39 is 0 Å². The molecule has 0 unspecified atom stereocenters. The van der Waals surface area contributed by atoms with E-state index in [1.165, 1.54) is 0 Å². The molecule has 1 saturated heterocycles. The van der Waals surface area contributed by atoms with Gasteiger partial charge in [-0.15, -0.1) is 0 Å². The number of morpholine rings is 1. The lowest BCUT2D eigenvalue weighted by molar-refractivity contribution is -0.0774. The van der Waals surface area contributed by atoms with E-state index in [4.69, 9.17) is 14.7 Å². The lowest BCUT2D eigenvalue weighted by Gasteiger charge is -2.41. The van der Waals surface area contributed by atoms with Gasteiger partial charge in [0.15, 0.2) is 0 Å². The van der Waals surface area contributed by atoms with Crippen LogP contribution in [0.1, 0.15) is 27.5 Å². The average Bonchev–Trinajstić information content (AvgIpc) is 2.83. The Morgan fingerprint density at radius 2 is 1.87 bits per heavy atom. The quantitative estimate of drug-likeness (QED) is 0.655. The molecule has 0 saturated carbocycles. The molecule has 30 heavy (non-hydrogen) atoms. The van der Waals surface area contributed by atoms with Crippen molar-refractivity contribution in [3.05, 3.63) is 95.7 Å². The lowest BCUT2D eigenvalue weighted by atomic mass is 9.97. The average molecular weight is 399 g/mol. The van der Waals surface area contributed by atoms with Gasteiger partial charge in [0.05, 0.1) is 24.3 Å². The molecule has 0 aliphatic carbocycles. The lowest BCUT2D eigenvalue weighted by Crippen LogP contribution is -2.50. The van der Waals surface area contributed by atoms with Crippen LogP contribution in [0.25, 0.3) is 0 Å². The maximum Gasteiger partial charge on any atom is 0.254 e. The topological polar surface area (TPSA) is 75.5 Å². The molecule has 4 rings (SSSR count). The fourth-order valence-corrected chi connectivity index (χ4v) is 3.60. The standard InChI is InChI=1S/C24H21N3O3/c25-16-18-9-11-20(12-10-18)24(28)27-14-15-29-21(17-30-22-8-4-5-13-26-22)23(27)19-6-2-1-3-7-19/h1-13,21,23H,14-15,17H2/t21-,23-/m0/s1. The second kappa shape index (κ2) is 9.21. The molecule has 2 heterocycles. The van der Waals surface area contributed by atoms with E-state index in [9.17, 15) is 4.79 Å². The molecule has 1 aliphatic rings. The monoisotopic (exact) mass is 399 g/mol. The highest BCUT2D eigenvalue weighted by molar-refractivity contribution is 5.94. The first-order valence-corrected chi connectivity index (χ1v) is 9.78. The summed E-state index contributed by atoms with van der Waals surface area (Å²) in [5, 5.41) is 9.01. The zero-order valence-electron chi connectivity index (χ0n) is 16.3. The van der Waals surface area contributed by atoms with Crippen LogP contribution in [0.5, 0.6) is 5.88 Å². The Morgan fingerprint density at radius 3 is 2.57 bits per heavy atom. The minimum atomic E-state index is -0.342. The van der Waals surface area contributed by atoms with Crippen LogP contribution in [0.2, 0.25) is 0 Å². The summed E-state index contributed by atoms with van der Waals surface area (Å²) in [6.45, 7) is 1.16. The van der Waals surface area contributed by atoms with Crippen molar-refractivity contribution in [2.24, 2.45) is 0 Å². The molecule has 6 nitrogen and oxygen atoms in total. The predicted octanol–water partition coefficient (Wildman–Crippen LogP) is 3.61. The number of carbonyl (C=O) groups is 1. The number of aromatic nitrogens is 1. The van der Waals surface area contributed by atoms with Crippen molar-refractivity contribution in [3.8, 4) is 11.9 Å². The number of pyridine rings is 1. The van der Waals surface area contributed by atoms with Crippen molar-refractivity contribution < 1.29 is 14.3 Å². The van der Waals surface area contributed by atoms with Crippen LogP contribution < -0.4 is 4.74 Å². The number of rotatable bonds is 5. The molecule has 2 atom stereocenters. The van der Waals surface area contributed by atoms with Crippen molar-refractivity contribution in [2.75, 3.05) is 19.8 Å². The molecule has 6 heteroatoms. The van der Waals surface area contributed by atoms with Crippen LogP contribution in [0.15, 0.2) is 79.0 Å². The second-order valence-corrected chi connectivity index (χ2v) is 6.93. The number of carbonyl (C=O) groups excluding carboxylic acids is 1. The molecular formula is C24H21N3O3. The molecule has 0 radical (unpaired) electrons. The minimum absolute atomic E-state index is 0.0977. The van der Waals surface area contributed by atoms with Crippen molar-refractivity contribution >= 4 is 5.91 Å². The van der Waals surface area contributed by atoms with Gasteiger partial charge in [-0.3, -0.25) is 4.79 Å². The fourth-order valence-electron chi connectivity index (χ4n) is 3.60. The van der Waals surface area contributed by atoms with Crippen LogP contribution in [0.4, 0.5) is 0 Å². The van der Waals surface area contributed by atoms with Gasteiger partial charge in [0.25, 0.3) is 5.91 Å². The van der Waals surface area contributed by atoms with E-state index in [0.717, 1.165) is 5.56 Å². The molecule has 1 aliphatic heterocycles.